The van der Waals surface area contributed by atoms with Crippen LogP contribution in [0.15, 0.2) is 36.7 Å². The molecule has 0 aliphatic heterocycles. The summed E-state index contributed by atoms with van der Waals surface area (Å²) in [5.41, 5.74) is 0.240. The number of halogens is 2. The average Bonchev–Trinajstić information content (AvgIpc) is 3.00. The molecule has 0 bridgehead atoms. The Labute approximate surface area is 267 Å². The maximum absolute atomic E-state index is 14.6. The first-order chi connectivity index (χ1) is 21.5. The molecule has 1 saturated carbocycles. The molecule has 1 aliphatic rings. The summed E-state index contributed by atoms with van der Waals surface area (Å²) >= 11 is 5.96. The Morgan fingerprint density at radius 1 is 1.07 bits per heavy atom. The smallest absolute Gasteiger partial charge is 0.323 e. The van der Waals surface area contributed by atoms with Crippen LogP contribution in [0.1, 0.15) is 46.5 Å². The zero-order valence-electron chi connectivity index (χ0n) is 26.2. The molecule has 1 aromatic heterocycles. The number of rotatable bonds is 13. The molecule has 2 aromatic carbocycles. The highest BCUT2D eigenvalue weighted by Crippen LogP contribution is 2.38. The second-order valence-corrected chi connectivity index (χ2v) is 12.2. The van der Waals surface area contributed by atoms with Gasteiger partial charge in [-0.2, -0.15) is 0 Å². The van der Waals surface area contributed by atoms with Crippen molar-refractivity contribution in [3.8, 4) is 11.5 Å². The number of nitrogens with zero attached hydrogens (tertiary/aromatic N) is 2. The van der Waals surface area contributed by atoms with Crippen LogP contribution in [-0.4, -0.2) is 73.5 Å². The number of ether oxygens (including phenoxy) is 4. The largest absolute Gasteiger partial charge is 0.493 e. The molecule has 1 atom stereocenters. The number of carbonyl (C=O) groups excluding carboxylic acids is 2. The van der Waals surface area contributed by atoms with Crippen molar-refractivity contribution in [2.75, 3.05) is 39.2 Å². The van der Waals surface area contributed by atoms with Crippen LogP contribution in [0.5, 0.6) is 11.5 Å². The van der Waals surface area contributed by atoms with Gasteiger partial charge in [0.15, 0.2) is 17.3 Å². The molecule has 3 aromatic rings. The zero-order chi connectivity index (χ0) is 32.6. The number of anilines is 2. The average molecular weight is 646 g/mol. The summed E-state index contributed by atoms with van der Waals surface area (Å²) in [5.74, 6) is 0.239. The van der Waals surface area contributed by atoms with Gasteiger partial charge in [-0.1, -0.05) is 17.7 Å². The number of fused-ring (bicyclic) bond motifs is 1. The highest BCUT2D eigenvalue weighted by molar-refractivity contribution is 6.31. The number of carbonyl (C=O) groups is 2. The fraction of sp³-hybridized carbons (Fsp3) is 0.500. The van der Waals surface area contributed by atoms with E-state index in [1.54, 1.807) is 31.4 Å². The van der Waals surface area contributed by atoms with Gasteiger partial charge in [-0.3, -0.25) is 9.59 Å². The Kier molecular flexibility index (Phi) is 11.8. The molecule has 0 saturated heterocycles. The zero-order valence-corrected chi connectivity index (χ0v) is 27.0. The van der Waals surface area contributed by atoms with Crippen LogP contribution in [0.4, 0.5) is 15.9 Å². The second-order valence-electron chi connectivity index (χ2n) is 11.8. The topological polar surface area (TPSA) is 133 Å². The van der Waals surface area contributed by atoms with Crippen LogP contribution in [0.2, 0.25) is 5.02 Å². The first-order valence-electron chi connectivity index (χ1n) is 14.9. The molecule has 1 heterocycles. The predicted molar refractivity (Wildman–Crippen MR) is 170 cm³/mol. The molecule has 0 unspecified atom stereocenters. The van der Waals surface area contributed by atoms with Gasteiger partial charge in [0.2, 0.25) is 0 Å². The number of hydrogen-bond donors (Lipinski definition) is 3. The molecule has 1 fully saturated rings. The third-order valence-corrected chi connectivity index (χ3v) is 7.71. The van der Waals surface area contributed by atoms with Crippen LogP contribution in [0.25, 0.3) is 10.9 Å². The molecule has 3 N–H and O–H groups in total. The van der Waals surface area contributed by atoms with Crippen LogP contribution in [0.3, 0.4) is 0 Å². The van der Waals surface area contributed by atoms with Gasteiger partial charge in [0, 0.05) is 24.5 Å². The summed E-state index contributed by atoms with van der Waals surface area (Å²) in [6, 6.07) is 7.76. The van der Waals surface area contributed by atoms with E-state index in [4.69, 9.17) is 30.5 Å². The van der Waals surface area contributed by atoms with E-state index in [2.05, 4.69) is 25.9 Å². The van der Waals surface area contributed by atoms with Crippen molar-refractivity contribution in [3.63, 3.8) is 0 Å². The Morgan fingerprint density at radius 2 is 1.82 bits per heavy atom. The van der Waals surface area contributed by atoms with Crippen molar-refractivity contribution >= 4 is 45.9 Å². The Balaban J connectivity index is 1.37. The molecular formula is C32H41ClFN5O6. The van der Waals surface area contributed by atoms with Crippen molar-refractivity contribution in [3.05, 3.63) is 47.5 Å². The minimum Gasteiger partial charge on any atom is -0.493 e. The van der Waals surface area contributed by atoms with Gasteiger partial charge in [0.1, 0.15) is 23.8 Å². The van der Waals surface area contributed by atoms with E-state index in [1.165, 1.54) is 19.5 Å². The number of esters is 2. The maximum atomic E-state index is 14.6. The Morgan fingerprint density at radius 3 is 2.51 bits per heavy atom. The molecule has 0 amide bonds. The molecular weight excluding hydrogens is 605 g/mol. The Hall–Kier alpha value is -3.74. The van der Waals surface area contributed by atoms with E-state index in [0.29, 0.717) is 54.2 Å². The number of benzene rings is 2. The summed E-state index contributed by atoms with van der Waals surface area (Å²) in [6.07, 6.45) is 4.17. The van der Waals surface area contributed by atoms with Gasteiger partial charge >= 0.3 is 11.9 Å². The van der Waals surface area contributed by atoms with E-state index in [-0.39, 0.29) is 41.2 Å². The quantitative estimate of drug-likeness (QED) is 0.168. The van der Waals surface area contributed by atoms with E-state index in [1.807, 2.05) is 20.8 Å². The second kappa shape index (κ2) is 15.5. The van der Waals surface area contributed by atoms with Gasteiger partial charge in [0.25, 0.3) is 0 Å². The number of aromatic nitrogens is 2. The standard InChI is InChI=1S/C32H41ClFN5O6/c1-32(2,3)45-27(40)17-35-13-14-36-29(31(41)43-5)19-9-11-20(12-10-19)44-26-15-21-24(16-25(26)42-4)37-18-38-30(21)39-23-8-6-7-22(33)28(23)34/h6-8,15-16,18-20,29,35-36H,9-14,17H2,1-5H3,(H,37,38,39)/t19?,20?,29-/m0/s1. The van der Waals surface area contributed by atoms with Crippen LogP contribution in [0, 0.1) is 11.7 Å². The van der Waals surface area contributed by atoms with Crippen LogP contribution in [-0.2, 0) is 19.1 Å². The molecule has 11 nitrogen and oxygen atoms in total. The van der Waals surface area contributed by atoms with Gasteiger partial charge < -0.3 is 34.9 Å². The predicted octanol–water partition coefficient (Wildman–Crippen LogP) is 5.17. The molecule has 1 aliphatic carbocycles. The highest BCUT2D eigenvalue weighted by atomic mass is 35.5. The van der Waals surface area contributed by atoms with Gasteiger partial charge in [-0.25, -0.2) is 14.4 Å². The molecule has 4 rings (SSSR count). The van der Waals surface area contributed by atoms with Gasteiger partial charge in [0.05, 0.1) is 43.1 Å². The summed E-state index contributed by atoms with van der Waals surface area (Å²) < 4.78 is 37.0. The third-order valence-electron chi connectivity index (χ3n) is 7.42. The SMILES string of the molecule is COC(=O)[C@@H](NCCNCC(=O)OC(C)(C)C)C1CCC(Oc2cc3c(Nc4cccc(Cl)c4F)ncnc3cc2OC)CC1. The lowest BCUT2D eigenvalue weighted by atomic mass is 9.82. The van der Waals surface area contributed by atoms with E-state index >= 15 is 0 Å². The van der Waals surface area contributed by atoms with Gasteiger partial charge in [-0.05, 0) is 70.6 Å². The van der Waals surface area contributed by atoms with Crippen molar-refractivity contribution in [1.29, 1.82) is 0 Å². The van der Waals surface area contributed by atoms with Crippen LogP contribution >= 0.6 is 11.6 Å². The third kappa shape index (κ3) is 9.38. The molecule has 244 valence electrons. The lowest BCUT2D eigenvalue weighted by Gasteiger charge is -2.33. The summed E-state index contributed by atoms with van der Waals surface area (Å²) in [6.45, 7) is 6.51. The first-order valence-corrected chi connectivity index (χ1v) is 15.3. The molecule has 0 spiro atoms. The van der Waals surface area contributed by atoms with Crippen molar-refractivity contribution in [2.24, 2.45) is 5.92 Å². The van der Waals surface area contributed by atoms with E-state index < -0.39 is 17.5 Å². The lowest BCUT2D eigenvalue weighted by Crippen LogP contribution is -2.47. The lowest BCUT2D eigenvalue weighted by molar-refractivity contribution is -0.153. The highest BCUT2D eigenvalue weighted by Gasteiger charge is 2.33. The Bertz CT molecular complexity index is 1480. The molecule has 13 heteroatoms. The summed E-state index contributed by atoms with van der Waals surface area (Å²) in [5, 5.41) is 9.97. The van der Waals surface area contributed by atoms with Crippen molar-refractivity contribution in [2.45, 2.75) is 64.2 Å². The summed E-state index contributed by atoms with van der Waals surface area (Å²) in [7, 11) is 2.94. The fourth-order valence-electron chi connectivity index (χ4n) is 5.32. The van der Waals surface area contributed by atoms with Gasteiger partial charge in [-0.15, -0.1) is 0 Å². The normalized spacial score (nSPS) is 17.4. The summed E-state index contributed by atoms with van der Waals surface area (Å²) in [4.78, 5) is 33.2. The minimum absolute atomic E-state index is 0.000780. The van der Waals surface area contributed by atoms with Crippen LogP contribution < -0.4 is 25.4 Å². The number of hydrogen-bond acceptors (Lipinski definition) is 11. The number of methoxy groups -OCH3 is 2. The maximum Gasteiger partial charge on any atom is 0.323 e. The van der Waals surface area contributed by atoms with E-state index in [9.17, 15) is 14.0 Å². The van der Waals surface area contributed by atoms with E-state index in [0.717, 1.165) is 12.8 Å². The fourth-order valence-corrected chi connectivity index (χ4v) is 5.49. The minimum atomic E-state index is -0.579. The first kappa shape index (κ1) is 34.1. The molecule has 45 heavy (non-hydrogen) atoms. The monoisotopic (exact) mass is 645 g/mol. The molecule has 0 radical (unpaired) electrons. The van der Waals surface area contributed by atoms with Crippen molar-refractivity contribution < 1.29 is 32.9 Å². The van der Waals surface area contributed by atoms with Crippen molar-refractivity contribution in [1.82, 2.24) is 20.6 Å². The number of nitrogens with one attached hydrogen (secondary N) is 3.